The van der Waals surface area contributed by atoms with Crippen LogP contribution >= 0.6 is 23.2 Å². The van der Waals surface area contributed by atoms with E-state index in [1.807, 2.05) is 11.8 Å². The van der Waals surface area contributed by atoms with Crippen LogP contribution in [0.2, 0.25) is 0 Å². The van der Waals surface area contributed by atoms with Crippen molar-refractivity contribution in [2.24, 2.45) is 0 Å². The lowest BCUT2D eigenvalue weighted by Gasteiger charge is -2.32. The Bertz CT molecular complexity index is 230. The Kier molecular flexibility index (Phi) is 4.03. The van der Waals surface area contributed by atoms with Gasteiger partial charge < -0.3 is 5.32 Å². The molecule has 1 atom stereocenters. The molecule has 0 aliphatic carbocycles. The third-order valence-electron chi connectivity index (χ3n) is 2.10. The molecule has 1 amide bonds. The summed E-state index contributed by atoms with van der Waals surface area (Å²) in [6.45, 7) is 3.88. The van der Waals surface area contributed by atoms with E-state index in [0.29, 0.717) is 18.1 Å². The van der Waals surface area contributed by atoms with E-state index in [4.69, 9.17) is 23.2 Å². The van der Waals surface area contributed by atoms with Crippen molar-refractivity contribution in [1.29, 1.82) is 0 Å². The lowest BCUT2D eigenvalue weighted by Crippen LogP contribution is -2.53. The molecule has 0 aromatic heterocycles. The van der Waals surface area contributed by atoms with Gasteiger partial charge >= 0.3 is 0 Å². The second-order valence-electron chi connectivity index (χ2n) is 2.99. The minimum atomic E-state index is -0.126. The third-order valence-corrected chi connectivity index (χ3v) is 2.70. The van der Waals surface area contributed by atoms with Crippen LogP contribution in [0.4, 0.5) is 0 Å². The lowest BCUT2D eigenvalue weighted by molar-refractivity contribution is -0.127. The van der Waals surface area contributed by atoms with Crippen LogP contribution in [0.15, 0.2) is 10.6 Å². The van der Waals surface area contributed by atoms with Crippen LogP contribution < -0.4 is 5.32 Å². The first-order valence-electron chi connectivity index (χ1n) is 4.11. The number of hydrogen-bond donors (Lipinski definition) is 1. The van der Waals surface area contributed by atoms with Crippen LogP contribution in [0.5, 0.6) is 0 Å². The first-order valence-corrected chi connectivity index (χ1v) is 4.93. The minimum Gasteiger partial charge on any atom is -0.353 e. The zero-order chi connectivity index (χ0) is 9.84. The molecule has 1 N–H and O–H groups in total. The molecule has 1 fully saturated rings. The van der Waals surface area contributed by atoms with Crippen molar-refractivity contribution >= 4 is 29.1 Å². The van der Waals surface area contributed by atoms with Crippen molar-refractivity contribution in [3.05, 3.63) is 10.6 Å². The summed E-state index contributed by atoms with van der Waals surface area (Å²) in [5.41, 5.74) is 1.33. The second kappa shape index (κ2) is 4.84. The maximum absolute atomic E-state index is 11.2. The molecular weight excluding hydrogens is 211 g/mol. The van der Waals surface area contributed by atoms with Gasteiger partial charge in [-0.3, -0.25) is 9.69 Å². The first kappa shape index (κ1) is 10.8. The highest BCUT2D eigenvalue weighted by atomic mass is 35.5. The normalized spacial score (nSPS) is 25.9. The van der Waals surface area contributed by atoms with E-state index in [1.54, 1.807) is 0 Å². The number of amides is 1. The zero-order valence-corrected chi connectivity index (χ0v) is 8.90. The fraction of sp³-hybridized carbons (Fsp3) is 0.625. The van der Waals surface area contributed by atoms with Crippen molar-refractivity contribution in [3.63, 3.8) is 0 Å². The molecule has 0 saturated carbocycles. The Labute approximate surface area is 87.7 Å². The van der Waals surface area contributed by atoms with Crippen molar-refractivity contribution in [3.8, 4) is 0 Å². The summed E-state index contributed by atoms with van der Waals surface area (Å²) in [7, 11) is 0. The van der Waals surface area contributed by atoms with Gasteiger partial charge in [-0.25, -0.2) is 0 Å². The summed E-state index contributed by atoms with van der Waals surface area (Å²) in [6, 6.07) is -0.126. The highest BCUT2D eigenvalue weighted by Gasteiger charge is 2.25. The Balaban J connectivity index is 2.53. The SMILES string of the molecule is CC1C(=O)NCCN1C/C(Cl)=C/Cl. The monoisotopic (exact) mass is 222 g/mol. The molecule has 1 saturated heterocycles. The van der Waals surface area contributed by atoms with E-state index < -0.39 is 0 Å². The van der Waals surface area contributed by atoms with E-state index >= 15 is 0 Å². The first-order chi connectivity index (χ1) is 6.15. The van der Waals surface area contributed by atoms with E-state index in [2.05, 4.69) is 5.32 Å². The van der Waals surface area contributed by atoms with Gasteiger partial charge in [-0.05, 0) is 6.92 Å². The predicted molar refractivity (Wildman–Crippen MR) is 53.8 cm³/mol. The number of halogens is 2. The van der Waals surface area contributed by atoms with Crippen LogP contribution in [-0.4, -0.2) is 36.5 Å². The number of rotatable bonds is 2. The van der Waals surface area contributed by atoms with Gasteiger partial charge in [0.1, 0.15) is 0 Å². The molecule has 0 aromatic rings. The number of nitrogens with zero attached hydrogens (tertiary/aromatic N) is 1. The topological polar surface area (TPSA) is 32.3 Å². The third kappa shape index (κ3) is 2.86. The lowest BCUT2D eigenvalue weighted by atomic mass is 10.2. The van der Waals surface area contributed by atoms with Crippen molar-refractivity contribution in [2.45, 2.75) is 13.0 Å². The molecule has 1 aliphatic heterocycles. The van der Waals surface area contributed by atoms with Crippen LogP contribution in [0.1, 0.15) is 6.92 Å². The molecule has 0 aromatic carbocycles. The van der Waals surface area contributed by atoms with Crippen LogP contribution in [0.3, 0.4) is 0 Å². The summed E-state index contributed by atoms with van der Waals surface area (Å²) in [6.07, 6.45) is 0. The van der Waals surface area contributed by atoms with Gasteiger partial charge in [0, 0.05) is 30.2 Å². The average Bonchev–Trinajstić information content (AvgIpc) is 2.13. The summed E-state index contributed by atoms with van der Waals surface area (Å²) in [5.74, 6) is 0.0466. The number of hydrogen-bond acceptors (Lipinski definition) is 2. The quantitative estimate of drug-likeness (QED) is 0.760. The Morgan fingerprint density at radius 1 is 1.85 bits per heavy atom. The van der Waals surface area contributed by atoms with E-state index in [0.717, 1.165) is 6.54 Å². The van der Waals surface area contributed by atoms with E-state index in [1.165, 1.54) is 5.54 Å². The summed E-state index contributed by atoms with van der Waals surface area (Å²) in [5, 5.41) is 3.34. The highest BCUT2D eigenvalue weighted by molar-refractivity contribution is 6.36. The summed E-state index contributed by atoms with van der Waals surface area (Å²) < 4.78 is 0. The number of nitrogens with one attached hydrogen (secondary N) is 1. The fourth-order valence-corrected chi connectivity index (χ4v) is 1.50. The summed E-state index contributed by atoms with van der Waals surface area (Å²) in [4.78, 5) is 13.2. The number of piperazine rings is 1. The van der Waals surface area contributed by atoms with Gasteiger partial charge in [-0.2, -0.15) is 0 Å². The Hall–Kier alpha value is -0.250. The molecule has 1 rings (SSSR count). The number of carbonyl (C=O) groups excluding carboxylic acids is 1. The van der Waals surface area contributed by atoms with Gasteiger partial charge in [-0.1, -0.05) is 23.2 Å². The van der Waals surface area contributed by atoms with Crippen LogP contribution in [0.25, 0.3) is 0 Å². The van der Waals surface area contributed by atoms with Gasteiger partial charge in [0.25, 0.3) is 0 Å². The molecule has 13 heavy (non-hydrogen) atoms. The fourth-order valence-electron chi connectivity index (χ4n) is 1.27. The molecule has 1 aliphatic rings. The molecular formula is C8H12Cl2N2O. The molecule has 0 radical (unpaired) electrons. The van der Waals surface area contributed by atoms with Gasteiger partial charge in [0.2, 0.25) is 5.91 Å². The standard InChI is InChI=1S/C8H12Cl2N2O/c1-6-8(13)11-2-3-12(6)5-7(10)4-9/h4,6H,2-3,5H2,1H3,(H,11,13)/b7-4-. The van der Waals surface area contributed by atoms with Crippen molar-refractivity contribution in [2.75, 3.05) is 19.6 Å². The average molecular weight is 223 g/mol. The molecule has 0 spiro atoms. The molecule has 5 heteroatoms. The van der Waals surface area contributed by atoms with Gasteiger partial charge in [0.15, 0.2) is 0 Å². The van der Waals surface area contributed by atoms with Gasteiger partial charge in [-0.15, -0.1) is 0 Å². The van der Waals surface area contributed by atoms with E-state index in [-0.39, 0.29) is 11.9 Å². The summed E-state index contributed by atoms with van der Waals surface area (Å²) >= 11 is 11.2. The van der Waals surface area contributed by atoms with Crippen LogP contribution in [-0.2, 0) is 4.79 Å². The van der Waals surface area contributed by atoms with Crippen molar-refractivity contribution in [1.82, 2.24) is 10.2 Å². The molecule has 1 unspecified atom stereocenters. The predicted octanol–water partition coefficient (Wildman–Crippen LogP) is 1.13. The highest BCUT2D eigenvalue weighted by Crippen LogP contribution is 2.10. The maximum Gasteiger partial charge on any atom is 0.237 e. The second-order valence-corrected chi connectivity index (χ2v) is 3.70. The molecule has 1 heterocycles. The zero-order valence-electron chi connectivity index (χ0n) is 7.39. The molecule has 74 valence electrons. The van der Waals surface area contributed by atoms with Crippen LogP contribution in [0, 0.1) is 0 Å². The van der Waals surface area contributed by atoms with Gasteiger partial charge in [0.05, 0.1) is 6.04 Å². The molecule has 3 nitrogen and oxygen atoms in total. The smallest absolute Gasteiger partial charge is 0.237 e. The van der Waals surface area contributed by atoms with Crippen molar-refractivity contribution < 1.29 is 4.79 Å². The maximum atomic E-state index is 11.2. The molecule has 0 bridgehead atoms. The minimum absolute atomic E-state index is 0.0466. The largest absolute Gasteiger partial charge is 0.353 e. The van der Waals surface area contributed by atoms with E-state index in [9.17, 15) is 4.79 Å². The Morgan fingerprint density at radius 2 is 2.54 bits per heavy atom. The Morgan fingerprint density at radius 3 is 3.15 bits per heavy atom. The number of carbonyl (C=O) groups is 1.